The second-order valence-corrected chi connectivity index (χ2v) is 4.78. The molecule has 1 aromatic heterocycles. The number of carbonyl (C=O) groups excluding carboxylic acids is 1. The van der Waals surface area contributed by atoms with Crippen LogP contribution in [-0.2, 0) is 16.1 Å². The van der Waals surface area contributed by atoms with Gasteiger partial charge in [0, 0.05) is 11.7 Å². The van der Waals surface area contributed by atoms with Crippen LogP contribution in [0.1, 0.15) is 6.42 Å². The number of rotatable bonds is 5. The molecule has 1 aromatic carbocycles. The Bertz CT molecular complexity index is 694. The SMILES string of the molecule is O=C(Cn1ccc2ccccc21)NC(CC(F)(F)F)C(=O)O. The first-order chi connectivity index (χ1) is 10.3. The first-order valence-corrected chi connectivity index (χ1v) is 6.39. The van der Waals surface area contributed by atoms with Gasteiger partial charge >= 0.3 is 12.1 Å². The lowest BCUT2D eigenvalue weighted by atomic mass is 10.2. The number of nitrogens with one attached hydrogen (secondary N) is 1. The lowest BCUT2D eigenvalue weighted by Crippen LogP contribution is -2.44. The molecule has 1 atom stereocenters. The average Bonchev–Trinajstić information content (AvgIpc) is 2.80. The first kappa shape index (κ1) is 15.9. The van der Waals surface area contributed by atoms with Crippen LogP contribution < -0.4 is 5.32 Å². The zero-order chi connectivity index (χ0) is 16.3. The number of benzene rings is 1. The molecule has 2 rings (SSSR count). The fourth-order valence-corrected chi connectivity index (χ4v) is 2.10. The number of fused-ring (bicyclic) bond motifs is 1. The molecule has 118 valence electrons. The Morgan fingerprint density at radius 1 is 1.23 bits per heavy atom. The number of carboxylic acids is 1. The monoisotopic (exact) mass is 314 g/mol. The van der Waals surface area contributed by atoms with Gasteiger partial charge in [0.05, 0.1) is 6.42 Å². The Morgan fingerprint density at radius 3 is 2.55 bits per heavy atom. The quantitative estimate of drug-likeness (QED) is 0.888. The normalized spacial score (nSPS) is 13.0. The fourth-order valence-electron chi connectivity index (χ4n) is 2.10. The summed E-state index contributed by atoms with van der Waals surface area (Å²) in [5, 5.41) is 11.5. The van der Waals surface area contributed by atoms with Crippen molar-refractivity contribution in [2.45, 2.75) is 25.2 Å². The number of hydrogen-bond acceptors (Lipinski definition) is 2. The summed E-state index contributed by atoms with van der Waals surface area (Å²) in [5.41, 5.74) is 0.736. The molecule has 2 N–H and O–H groups in total. The van der Waals surface area contributed by atoms with Crippen LogP contribution in [0.15, 0.2) is 36.5 Å². The summed E-state index contributed by atoms with van der Waals surface area (Å²) in [5.74, 6) is -2.51. The molecule has 1 heterocycles. The molecule has 0 aliphatic heterocycles. The van der Waals surface area contributed by atoms with Crippen molar-refractivity contribution in [3.8, 4) is 0 Å². The summed E-state index contributed by atoms with van der Waals surface area (Å²) >= 11 is 0. The maximum Gasteiger partial charge on any atom is 0.391 e. The van der Waals surface area contributed by atoms with Gasteiger partial charge in [-0.25, -0.2) is 4.79 Å². The van der Waals surface area contributed by atoms with Crippen molar-refractivity contribution in [3.63, 3.8) is 0 Å². The van der Waals surface area contributed by atoms with Crippen LogP contribution in [0.2, 0.25) is 0 Å². The number of nitrogens with zero attached hydrogens (tertiary/aromatic N) is 1. The van der Waals surface area contributed by atoms with Gasteiger partial charge in [0.15, 0.2) is 0 Å². The Kier molecular flexibility index (Phi) is 4.39. The zero-order valence-corrected chi connectivity index (χ0v) is 11.3. The predicted molar refractivity (Wildman–Crippen MR) is 72.2 cm³/mol. The molecule has 8 heteroatoms. The molecular weight excluding hydrogens is 301 g/mol. The molecule has 0 spiro atoms. The van der Waals surface area contributed by atoms with Crippen LogP contribution >= 0.6 is 0 Å². The van der Waals surface area contributed by atoms with Gasteiger partial charge in [0.25, 0.3) is 0 Å². The van der Waals surface area contributed by atoms with Gasteiger partial charge in [-0.3, -0.25) is 4.79 Å². The van der Waals surface area contributed by atoms with Crippen molar-refractivity contribution in [2.75, 3.05) is 0 Å². The van der Waals surface area contributed by atoms with Crippen LogP contribution in [0, 0.1) is 0 Å². The van der Waals surface area contributed by atoms with Gasteiger partial charge in [-0.15, -0.1) is 0 Å². The Balaban J connectivity index is 2.06. The number of aliphatic carboxylic acids is 1. The highest BCUT2D eigenvalue weighted by Gasteiger charge is 2.36. The van der Waals surface area contributed by atoms with Crippen molar-refractivity contribution in [3.05, 3.63) is 36.5 Å². The minimum atomic E-state index is -4.67. The molecule has 22 heavy (non-hydrogen) atoms. The van der Waals surface area contributed by atoms with E-state index >= 15 is 0 Å². The Labute approximate surface area is 123 Å². The van der Waals surface area contributed by atoms with E-state index < -0.39 is 30.5 Å². The minimum absolute atomic E-state index is 0.255. The molecule has 0 fully saturated rings. The smallest absolute Gasteiger partial charge is 0.391 e. The maximum atomic E-state index is 12.3. The van der Waals surface area contributed by atoms with E-state index in [2.05, 4.69) is 0 Å². The lowest BCUT2D eigenvalue weighted by Gasteiger charge is -2.16. The third-order valence-electron chi connectivity index (χ3n) is 3.06. The van der Waals surface area contributed by atoms with E-state index in [4.69, 9.17) is 5.11 Å². The molecule has 5 nitrogen and oxygen atoms in total. The number of hydrogen-bond donors (Lipinski definition) is 2. The van der Waals surface area contributed by atoms with E-state index in [9.17, 15) is 22.8 Å². The Hall–Kier alpha value is -2.51. The fraction of sp³-hybridized carbons (Fsp3) is 0.286. The highest BCUT2D eigenvalue weighted by atomic mass is 19.4. The molecule has 0 bridgehead atoms. The highest BCUT2D eigenvalue weighted by Crippen LogP contribution is 2.21. The van der Waals surface area contributed by atoms with Crippen molar-refractivity contribution in [1.29, 1.82) is 0 Å². The lowest BCUT2D eigenvalue weighted by molar-refractivity contribution is -0.160. The number of carbonyl (C=O) groups is 2. The van der Waals surface area contributed by atoms with Gasteiger partial charge in [0.1, 0.15) is 12.6 Å². The van der Waals surface area contributed by atoms with E-state index in [-0.39, 0.29) is 6.54 Å². The summed E-state index contributed by atoms with van der Waals surface area (Å²) in [7, 11) is 0. The summed E-state index contributed by atoms with van der Waals surface area (Å²) in [6.07, 6.45) is -4.67. The largest absolute Gasteiger partial charge is 0.480 e. The molecule has 0 saturated carbocycles. The second kappa shape index (κ2) is 6.08. The molecule has 0 aliphatic rings. The van der Waals surface area contributed by atoms with Crippen molar-refractivity contribution in [1.82, 2.24) is 9.88 Å². The number of para-hydroxylation sites is 1. The molecule has 1 unspecified atom stereocenters. The van der Waals surface area contributed by atoms with Crippen molar-refractivity contribution < 1.29 is 27.9 Å². The van der Waals surface area contributed by atoms with Gasteiger partial charge in [-0.2, -0.15) is 13.2 Å². The summed E-state index contributed by atoms with van der Waals surface area (Å²) in [4.78, 5) is 22.6. The first-order valence-electron chi connectivity index (χ1n) is 6.39. The zero-order valence-electron chi connectivity index (χ0n) is 11.3. The van der Waals surface area contributed by atoms with Crippen LogP contribution in [0.5, 0.6) is 0 Å². The van der Waals surface area contributed by atoms with E-state index in [1.165, 1.54) is 4.57 Å². The third kappa shape index (κ3) is 4.00. The maximum absolute atomic E-state index is 12.3. The van der Waals surface area contributed by atoms with Crippen LogP contribution in [0.3, 0.4) is 0 Å². The number of alkyl halides is 3. The number of halogens is 3. The second-order valence-electron chi connectivity index (χ2n) is 4.78. The summed E-state index contributed by atoms with van der Waals surface area (Å²) in [6.45, 7) is -0.255. The molecule has 0 aliphatic carbocycles. The van der Waals surface area contributed by atoms with Crippen molar-refractivity contribution >= 4 is 22.8 Å². The van der Waals surface area contributed by atoms with E-state index in [0.29, 0.717) is 0 Å². The number of amides is 1. The van der Waals surface area contributed by atoms with E-state index in [1.54, 1.807) is 24.4 Å². The van der Waals surface area contributed by atoms with Gasteiger partial charge in [-0.05, 0) is 17.5 Å². The van der Waals surface area contributed by atoms with Gasteiger partial charge < -0.3 is 15.0 Å². The molecule has 0 saturated heterocycles. The van der Waals surface area contributed by atoms with Gasteiger partial charge in [0.2, 0.25) is 5.91 Å². The predicted octanol–water partition coefficient (Wildman–Crippen LogP) is 2.16. The van der Waals surface area contributed by atoms with E-state index in [1.807, 2.05) is 17.4 Å². The Morgan fingerprint density at radius 2 is 1.91 bits per heavy atom. The summed E-state index contributed by atoms with van der Waals surface area (Å²) in [6, 6.07) is 6.93. The summed E-state index contributed by atoms with van der Waals surface area (Å²) < 4.78 is 38.4. The molecule has 1 amide bonds. The van der Waals surface area contributed by atoms with Crippen LogP contribution in [0.25, 0.3) is 10.9 Å². The van der Waals surface area contributed by atoms with Crippen molar-refractivity contribution in [2.24, 2.45) is 0 Å². The average molecular weight is 314 g/mol. The van der Waals surface area contributed by atoms with E-state index in [0.717, 1.165) is 10.9 Å². The standard InChI is InChI=1S/C14H13F3N2O3/c15-14(16,17)7-10(13(21)22)18-12(20)8-19-6-5-9-3-1-2-4-11(9)19/h1-6,10H,7-8H2,(H,18,20)(H,21,22). The third-order valence-corrected chi connectivity index (χ3v) is 3.06. The molecule has 0 radical (unpaired) electrons. The highest BCUT2D eigenvalue weighted by molar-refractivity contribution is 5.86. The van der Waals surface area contributed by atoms with Gasteiger partial charge in [-0.1, -0.05) is 18.2 Å². The van der Waals surface area contributed by atoms with Crippen LogP contribution in [-0.4, -0.2) is 33.8 Å². The molecule has 2 aromatic rings. The number of carboxylic acid groups (broad SMARTS) is 1. The number of aromatic nitrogens is 1. The van der Waals surface area contributed by atoms with Crippen LogP contribution in [0.4, 0.5) is 13.2 Å². The minimum Gasteiger partial charge on any atom is -0.480 e. The molecular formula is C14H13F3N2O3. The topological polar surface area (TPSA) is 71.3 Å².